The Hall–Kier alpha value is -2.00. The van der Waals surface area contributed by atoms with E-state index < -0.39 is 17.5 Å². The molecule has 1 aromatic carbocycles. The number of halogens is 2. The number of aromatic nitrogens is 3. The number of nitrogens with zero attached hydrogens (tertiary/aromatic N) is 2. The minimum Gasteiger partial charge on any atom is -0.370 e. The highest BCUT2D eigenvalue weighted by Crippen LogP contribution is 2.27. The summed E-state index contributed by atoms with van der Waals surface area (Å²) in [5.74, 6) is -1.21. The molecule has 9 heteroatoms. The van der Waals surface area contributed by atoms with Gasteiger partial charge in [0.15, 0.2) is 5.82 Å². The Labute approximate surface area is 135 Å². The van der Waals surface area contributed by atoms with E-state index in [2.05, 4.69) is 20.5 Å². The van der Waals surface area contributed by atoms with Crippen molar-refractivity contribution in [2.24, 2.45) is 0 Å². The zero-order valence-corrected chi connectivity index (χ0v) is 12.8. The van der Waals surface area contributed by atoms with Gasteiger partial charge in [0.2, 0.25) is 11.1 Å². The molecular formula is C14H14F2N4O2S. The number of hydrogen-bond donors (Lipinski definition) is 2. The van der Waals surface area contributed by atoms with E-state index in [-0.39, 0.29) is 17.5 Å². The third kappa shape index (κ3) is 4.26. The molecule has 0 aliphatic carbocycles. The van der Waals surface area contributed by atoms with Gasteiger partial charge in [-0.05, 0) is 25.0 Å². The van der Waals surface area contributed by atoms with Crippen LogP contribution in [0.2, 0.25) is 0 Å². The van der Waals surface area contributed by atoms with Gasteiger partial charge in [-0.15, -0.1) is 5.10 Å². The number of aromatic amines is 1. The monoisotopic (exact) mass is 340 g/mol. The number of rotatable bonds is 5. The van der Waals surface area contributed by atoms with E-state index >= 15 is 0 Å². The fourth-order valence-corrected chi connectivity index (χ4v) is 2.82. The van der Waals surface area contributed by atoms with Crippen molar-refractivity contribution in [3.63, 3.8) is 0 Å². The lowest BCUT2D eigenvalue weighted by atomic mass is 10.2. The van der Waals surface area contributed by atoms with Gasteiger partial charge in [-0.25, -0.2) is 13.8 Å². The van der Waals surface area contributed by atoms with E-state index in [1.807, 2.05) is 0 Å². The highest BCUT2D eigenvalue weighted by molar-refractivity contribution is 7.99. The number of carbonyl (C=O) groups is 1. The lowest BCUT2D eigenvalue weighted by Crippen LogP contribution is -2.14. The first-order valence-electron chi connectivity index (χ1n) is 7.03. The van der Waals surface area contributed by atoms with Crippen LogP contribution in [0, 0.1) is 11.6 Å². The average Bonchev–Trinajstić information content (AvgIpc) is 3.15. The number of carbonyl (C=O) groups excluding carboxylic acids is 1. The second kappa shape index (κ2) is 7.05. The van der Waals surface area contributed by atoms with E-state index in [1.54, 1.807) is 0 Å². The molecular weight excluding hydrogens is 326 g/mol. The van der Waals surface area contributed by atoms with Gasteiger partial charge >= 0.3 is 0 Å². The largest absolute Gasteiger partial charge is 0.370 e. The first kappa shape index (κ1) is 15.9. The molecule has 2 N–H and O–H groups in total. The standard InChI is InChI=1S/C14H14F2N4O2S/c15-8-4-9(16)6-10(5-8)17-12(21)7-23-14-18-13(19-20-14)11-2-1-3-22-11/h4-6,11H,1-3,7H2,(H,17,21)(H,18,19,20). The molecule has 1 fully saturated rings. The average molecular weight is 340 g/mol. The molecule has 1 saturated heterocycles. The molecule has 1 unspecified atom stereocenters. The summed E-state index contributed by atoms with van der Waals surface area (Å²) in [5.41, 5.74) is 0.0723. The Balaban J connectivity index is 1.52. The molecule has 23 heavy (non-hydrogen) atoms. The maximum atomic E-state index is 13.0. The van der Waals surface area contributed by atoms with Crippen LogP contribution in [-0.2, 0) is 9.53 Å². The van der Waals surface area contributed by atoms with Gasteiger partial charge in [-0.2, -0.15) is 0 Å². The normalized spacial score (nSPS) is 17.4. The van der Waals surface area contributed by atoms with Crippen LogP contribution < -0.4 is 5.32 Å². The zero-order chi connectivity index (χ0) is 16.2. The summed E-state index contributed by atoms with van der Waals surface area (Å²) in [6.07, 6.45) is 1.81. The van der Waals surface area contributed by atoms with Gasteiger partial charge in [0, 0.05) is 18.4 Å². The summed E-state index contributed by atoms with van der Waals surface area (Å²) >= 11 is 1.13. The molecule has 122 valence electrons. The van der Waals surface area contributed by atoms with Crippen molar-refractivity contribution in [1.82, 2.24) is 15.2 Å². The fourth-order valence-electron chi connectivity index (χ4n) is 2.21. The molecule has 1 aliphatic heterocycles. The van der Waals surface area contributed by atoms with Crippen LogP contribution in [0.15, 0.2) is 23.4 Å². The predicted molar refractivity (Wildman–Crippen MR) is 80.0 cm³/mol. The molecule has 0 spiro atoms. The Bertz CT molecular complexity index is 684. The molecule has 6 nitrogen and oxygen atoms in total. The van der Waals surface area contributed by atoms with Crippen LogP contribution in [-0.4, -0.2) is 33.4 Å². The van der Waals surface area contributed by atoms with Gasteiger partial charge in [0.25, 0.3) is 0 Å². The molecule has 1 aromatic heterocycles. The lowest BCUT2D eigenvalue weighted by molar-refractivity contribution is -0.113. The van der Waals surface area contributed by atoms with Gasteiger partial charge in [0.1, 0.15) is 17.7 Å². The number of amides is 1. The van der Waals surface area contributed by atoms with Crippen LogP contribution in [0.25, 0.3) is 0 Å². The van der Waals surface area contributed by atoms with Crippen molar-refractivity contribution < 1.29 is 18.3 Å². The van der Waals surface area contributed by atoms with E-state index in [0.29, 0.717) is 17.6 Å². The minimum absolute atomic E-state index is 0.0287. The highest BCUT2D eigenvalue weighted by Gasteiger charge is 2.21. The third-order valence-corrected chi connectivity index (χ3v) is 4.04. The molecule has 0 bridgehead atoms. The fraction of sp³-hybridized carbons (Fsp3) is 0.357. The van der Waals surface area contributed by atoms with Crippen LogP contribution in [0.4, 0.5) is 14.5 Å². The second-order valence-electron chi connectivity index (χ2n) is 5.00. The van der Waals surface area contributed by atoms with Crippen LogP contribution >= 0.6 is 11.8 Å². The number of ether oxygens (including phenoxy) is 1. The van der Waals surface area contributed by atoms with Crippen LogP contribution in [0.1, 0.15) is 24.8 Å². The first-order chi connectivity index (χ1) is 11.1. The van der Waals surface area contributed by atoms with E-state index in [4.69, 9.17) is 4.74 Å². The van der Waals surface area contributed by atoms with Crippen LogP contribution in [0.5, 0.6) is 0 Å². The van der Waals surface area contributed by atoms with E-state index in [1.165, 1.54) is 0 Å². The predicted octanol–water partition coefficient (Wildman–Crippen LogP) is 2.67. The number of anilines is 1. The maximum Gasteiger partial charge on any atom is 0.234 e. The molecule has 1 amide bonds. The van der Waals surface area contributed by atoms with Crippen molar-refractivity contribution in [3.8, 4) is 0 Å². The first-order valence-corrected chi connectivity index (χ1v) is 8.01. The van der Waals surface area contributed by atoms with Gasteiger partial charge in [-0.3, -0.25) is 9.89 Å². The Morgan fingerprint density at radius 3 is 2.87 bits per heavy atom. The molecule has 2 heterocycles. The SMILES string of the molecule is O=C(CSc1n[nH]c(C2CCCO2)n1)Nc1cc(F)cc(F)c1. The van der Waals surface area contributed by atoms with Gasteiger partial charge in [-0.1, -0.05) is 11.8 Å². The third-order valence-electron chi connectivity index (χ3n) is 3.20. The molecule has 0 radical (unpaired) electrons. The topological polar surface area (TPSA) is 79.9 Å². The Morgan fingerprint density at radius 2 is 2.17 bits per heavy atom. The second-order valence-corrected chi connectivity index (χ2v) is 5.94. The van der Waals surface area contributed by atoms with Crippen molar-refractivity contribution in [1.29, 1.82) is 0 Å². The Morgan fingerprint density at radius 1 is 1.39 bits per heavy atom. The smallest absolute Gasteiger partial charge is 0.234 e. The Kier molecular flexibility index (Phi) is 4.87. The van der Waals surface area contributed by atoms with Crippen molar-refractivity contribution >= 4 is 23.4 Å². The van der Waals surface area contributed by atoms with Gasteiger partial charge < -0.3 is 10.1 Å². The molecule has 0 saturated carbocycles. The number of benzene rings is 1. The summed E-state index contributed by atoms with van der Waals surface area (Å²) in [7, 11) is 0. The molecule has 2 aromatic rings. The summed E-state index contributed by atoms with van der Waals surface area (Å²) in [5, 5.41) is 9.67. The highest BCUT2D eigenvalue weighted by atomic mass is 32.2. The lowest BCUT2D eigenvalue weighted by Gasteiger charge is -2.04. The van der Waals surface area contributed by atoms with E-state index in [9.17, 15) is 13.6 Å². The minimum atomic E-state index is -0.747. The maximum absolute atomic E-state index is 13.0. The van der Waals surface area contributed by atoms with E-state index in [0.717, 1.165) is 42.8 Å². The van der Waals surface area contributed by atoms with Crippen LogP contribution in [0.3, 0.4) is 0 Å². The quantitative estimate of drug-likeness (QED) is 0.818. The summed E-state index contributed by atoms with van der Waals surface area (Å²) < 4.78 is 31.6. The molecule has 1 atom stereocenters. The van der Waals surface area contributed by atoms with Crippen molar-refractivity contribution in [2.45, 2.75) is 24.1 Å². The number of nitrogens with one attached hydrogen (secondary N) is 2. The number of H-pyrrole nitrogens is 1. The van der Waals surface area contributed by atoms with Gasteiger partial charge in [0.05, 0.1) is 5.75 Å². The summed E-state index contributed by atoms with van der Waals surface area (Å²) in [6.45, 7) is 0.709. The summed E-state index contributed by atoms with van der Waals surface area (Å²) in [6, 6.07) is 2.84. The zero-order valence-electron chi connectivity index (χ0n) is 12.0. The molecule has 3 rings (SSSR count). The molecule has 1 aliphatic rings. The van der Waals surface area contributed by atoms with Crippen molar-refractivity contribution in [3.05, 3.63) is 35.7 Å². The summed E-state index contributed by atoms with van der Waals surface area (Å²) in [4.78, 5) is 16.1. The number of thioether (sulfide) groups is 1. The van der Waals surface area contributed by atoms with Crippen molar-refractivity contribution in [2.75, 3.05) is 17.7 Å². The number of hydrogen-bond acceptors (Lipinski definition) is 5.